The summed E-state index contributed by atoms with van der Waals surface area (Å²) in [5, 5.41) is 3.12. The molecule has 3 aromatic rings. The highest BCUT2D eigenvalue weighted by Crippen LogP contribution is 2.22. The van der Waals surface area contributed by atoms with Crippen LogP contribution in [-0.2, 0) is 4.79 Å². The van der Waals surface area contributed by atoms with Crippen LogP contribution >= 0.6 is 11.6 Å². The molecule has 0 aliphatic carbocycles. The van der Waals surface area contributed by atoms with Crippen molar-refractivity contribution in [1.82, 2.24) is 9.97 Å². The van der Waals surface area contributed by atoms with Crippen LogP contribution < -0.4 is 14.8 Å². The number of hydrogen-bond acceptors (Lipinski definition) is 5. The molecule has 0 saturated carbocycles. The zero-order valence-electron chi connectivity index (χ0n) is 13.1. The third-order valence-corrected chi connectivity index (χ3v) is 3.27. The van der Waals surface area contributed by atoms with Gasteiger partial charge in [-0.05, 0) is 42.5 Å². The van der Waals surface area contributed by atoms with Gasteiger partial charge >= 0.3 is 0 Å². The standard InChI is InChI=1S/C18H14ClN3O3/c19-13-4-9-16(21-11-13)22-17(23)12-24-14-5-7-15(8-6-14)25-18-3-1-2-10-20-18/h1-11H,12H2,(H,21,22,23). The number of nitrogens with zero attached hydrogens (tertiary/aromatic N) is 2. The van der Waals surface area contributed by atoms with E-state index < -0.39 is 0 Å². The van der Waals surface area contributed by atoms with Gasteiger partial charge in [-0.3, -0.25) is 4.79 Å². The highest BCUT2D eigenvalue weighted by atomic mass is 35.5. The molecule has 1 amide bonds. The van der Waals surface area contributed by atoms with Crippen LogP contribution in [0.1, 0.15) is 0 Å². The monoisotopic (exact) mass is 355 g/mol. The lowest BCUT2D eigenvalue weighted by Crippen LogP contribution is -2.20. The highest BCUT2D eigenvalue weighted by Gasteiger charge is 2.05. The minimum Gasteiger partial charge on any atom is -0.484 e. The lowest BCUT2D eigenvalue weighted by Gasteiger charge is -2.08. The number of ether oxygens (including phenoxy) is 2. The molecule has 2 heterocycles. The summed E-state index contributed by atoms with van der Waals surface area (Å²) in [7, 11) is 0. The van der Waals surface area contributed by atoms with Gasteiger partial charge in [-0.1, -0.05) is 17.7 Å². The van der Waals surface area contributed by atoms with Crippen molar-refractivity contribution in [2.75, 3.05) is 11.9 Å². The molecular weight excluding hydrogens is 342 g/mol. The smallest absolute Gasteiger partial charge is 0.263 e. The third kappa shape index (κ3) is 5.19. The second-order valence-electron chi connectivity index (χ2n) is 4.94. The Morgan fingerprint density at radius 2 is 1.80 bits per heavy atom. The summed E-state index contributed by atoms with van der Waals surface area (Å²) >= 11 is 5.74. The predicted octanol–water partition coefficient (Wildman–Crippen LogP) is 3.94. The number of hydrogen-bond donors (Lipinski definition) is 1. The van der Waals surface area contributed by atoms with E-state index in [1.54, 1.807) is 48.7 Å². The maximum Gasteiger partial charge on any atom is 0.263 e. The van der Waals surface area contributed by atoms with E-state index in [9.17, 15) is 4.79 Å². The van der Waals surface area contributed by atoms with E-state index in [0.29, 0.717) is 28.2 Å². The van der Waals surface area contributed by atoms with Crippen molar-refractivity contribution >= 4 is 23.3 Å². The van der Waals surface area contributed by atoms with Crippen LogP contribution in [0.4, 0.5) is 5.82 Å². The quantitative estimate of drug-likeness (QED) is 0.725. The first-order chi connectivity index (χ1) is 12.2. The molecule has 0 fully saturated rings. The molecule has 0 saturated heterocycles. The van der Waals surface area contributed by atoms with Gasteiger partial charge in [0.1, 0.15) is 17.3 Å². The lowest BCUT2D eigenvalue weighted by molar-refractivity contribution is -0.118. The summed E-state index contributed by atoms with van der Waals surface area (Å²) in [6.45, 7) is -0.134. The first-order valence-electron chi connectivity index (χ1n) is 7.42. The number of anilines is 1. The molecule has 0 radical (unpaired) electrons. The van der Waals surface area contributed by atoms with Crippen LogP contribution in [-0.4, -0.2) is 22.5 Å². The van der Waals surface area contributed by atoms with Crippen LogP contribution in [0.2, 0.25) is 5.02 Å². The van der Waals surface area contributed by atoms with E-state index in [-0.39, 0.29) is 12.5 Å². The average Bonchev–Trinajstić information content (AvgIpc) is 2.64. The van der Waals surface area contributed by atoms with Gasteiger partial charge in [0.25, 0.3) is 5.91 Å². The molecule has 7 heteroatoms. The molecule has 1 aromatic carbocycles. The number of nitrogens with one attached hydrogen (secondary N) is 1. The van der Waals surface area contributed by atoms with Crippen LogP contribution in [0.15, 0.2) is 67.0 Å². The Morgan fingerprint density at radius 3 is 2.48 bits per heavy atom. The van der Waals surface area contributed by atoms with E-state index in [1.165, 1.54) is 6.20 Å². The van der Waals surface area contributed by atoms with Gasteiger partial charge in [0.15, 0.2) is 6.61 Å². The van der Waals surface area contributed by atoms with Crippen molar-refractivity contribution in [3.63, 3.8) is 0 Å². The minimum absolute atomic E-state index is 0.134. The normalized spacial score (nSPS) is 10.1. The number of rotatable bonds is 6. The van der Waals surface area contributed by atoms with Gasteiger partial charge < -0.3 is 14.8 Å². The number of carbonyl (C=O) groups is 1. The number of carbonyl (C=O) groups excluding carboxylic acids is 1. The van der Waals surface area contributed by atoms with Crippen molar-refractivity contribution in [2.45, 2.75) is 0 Å². The van der Waals surface area contributed by atoms with Crippen molar-refractivity contribution in [1.29, 1.82) is 0 Å². The Kier molecular flexibility index (Phi) is 5.43. The number of benzene rings is 1. The van der Waals surface area contributed by atoms with Crippen LogP contribution in [0.5, 0.6) is 17.4 Å². The molecule has 0 bridgehead atoms. The topological polar surface area (TPSA) is 73.3 Å². The molecule has 0 spiro atoms. The number of aromatic nitrogens is 2. The van der Waals surface area contributed by atoms with Crippen LogP contribution in [0.25, 0.3) is 0 Å². The number of pyridine rings is 2. The fraction of sp³-hybridized carbons (Fsp3) is 0.0556. The average molecular weight is 356 g/mol. The molecule has 0 unspecified atom stereocenters. The van der Waals surface area contributed by atoms with Gasteiger partial charge in [0.05, 0.1) is 5.02 Å². The number of halogens is 1. The zero-order valence-corrected chi connectivity index (χ0v) is 13.8. The molecule has 6 nitrogen and oxygen atoms in total. The van der Waals surface area contributed by atoms with Crippen molar-refractivity contribution in [3.05, 3.63) is 72.0 Å². The highest BCUT2D eigenvalue weighted by molar-refractivity contribution is 6.30. The molecule has 126 valence electrons. The van der Waals surface area contributed by atoms with E-state index in [4.69, 9.17) is 21.1 Å². The van der Waals surface area contributed by atoms with Gasteiger partial charge in [-0.15, -0.1) is 0 Å². The molecule has 0 atom stereocenters. The summed E-state index contributed by atoms with van der Waals surface area (Å²) in [5.74, 6) is 1.78. The Morgan fingerprint density at radius 1 is 1.00 bits per heavy atom. The molecular formula is C18H14ClN3O3. The summed E-state index contributed by atoms with van der Waals surface area (Å²) < 4.78 is 11.0. The molecule has 2 aromatic heterocycles. The summed E-state index contributed by atoms with van der Waals surface area (Å²) in [6.07, 6.45) is 3.11. The molecule has 25 heavy (non-hydrogen) atoms. The number of amides is 1. The first-order valence-corrected chi connectivity index (χ1v) is 7.80. The fourth-order valence-electron chi connectivity index (χ4n) is 1.91. The van der Waals surface area contributed by atoms with E-state index in [0.717, 1.165) is 0 Å². The summed E-state index contributed by atoms with van der Waals surface area (Å²) in [4.78, 5) is 19.9. The van der Waals surface area contributed by atoms with Crippen LogP contribution in [0.3, 0.4) is 0 Å². The van der Waals surface area contributed by atoms with E-state index >= 15 is 0 Å². The van der Waals surface area contributed by atoms with Gasteiger partial charge in [-0.25, -0.2) is 9.97 Å². The van der Waals surface area contributed by atoms with Gasteiger partial charge in [0, 0.05) is 18.5 Å². The molecule has 0 aliphatic rings. The summed E-state index contributed by atoms with van der Waals surface area (Å²) in [5.41, 5.74) is 0. The predicted molar refractivity (Wildman–Crippen MR) is 94.1 cm³/mol. The van der Waals surface area contributed by atoms with Crippen LogP contribution in [0, 0.1) is 0 Å². The molecule has 1 N–H and O–H groups in total. The fourth-order valence-corrected chi connectivity index (χ4v) is 2.02. The zero-order chi connectivity index (χ0) is 17.5. The minimum atomic E-state index is -0.316. The SMILES string of the molecule is O=C(COc1ccc(Oc2ccccn2)cc1)Nc1ccc(Cl)cn1. The maximum atomic E-state index is 11.8. The Balaban J connectivity index is 1.49. The van der Waals surface area contributed by atoms with Crippen molar-refractivity contribution < 1.29 is 14.3 Å². The second kappa shape index (κ2) is 8.12. The molecule has 3 rings (SSSR count). The van der Waals surface area contributed by atoms with Crippen molar-refractivity contribution in [2.24, 2.45) is 0 Å². The first kappa shape index (κ1) is 16.7. The van der Waals surface area contributed by atoms with E-state index in [2.05, 4.69) is 15.3 Å². The molecule has 0 aliphatic heterocycles. The third-order valence-electron chi connectivity index (χ3n) is 3.05. The Bertz CT molecular complexity index is 824. The Hall–Kier alpha value is -3.12. The largest absolute Gasteiger partial charge is 0.484 e. The second-order valence-corrected chi connectivity index (χ2v) is 5.38. The van der Waals surface area contributed by atoms with Gasteiger partial charge in [0.2, 0.25) is 5.88 Å². The van der Waals surface area contributed by atoms with E-state index in [1.807, 2.05) is 12.1 Å². The Labute approximate surface area is 149 Å². The maximum absolute atomic E-state index is 11.8. The van der Waals surface area contributed by atoms with Crippen molar-refractivity contribution in [3.8, 4) is 17.4 Å². The summed E-state index contributed by atoms with van der Waals surface area (Å²) in [6, 6.07) is 15.6. The van der Waals surface area contributed by atoms with Gasteiger partial charge in [-0.2, -0.15) is 0 Å². The lowest BCUT2D eigenvalue weighted by atomic mass is 10.3.